The smallest absolute Gasteiger partial charge is 0.224 e. The van der Waals surface area contributed by atoms with Crippen LogP contribution >= 0.6 is 11.6 Å². The third-order valence-corrected chi connectivity index (χ3v) is 4.47. The van der Waals surface area contributed by atoms with Gasteiger partial charge in [0.25, 0.3) is 0 Å². The standard InChI is InChI=1S/C16H22ClNO2/c1-12-6-8-16(11-19,9-7-12)18-15(20)10-13-2-4-14(17)5-3-13/h2-5,12,19H,6-11H2,1H3,(H,18,20). The average molecular weight is 296 g/mol. The van der Waals surface area contributed by atoms with E-state index in [0.29, 0.717) is 17.4 Å². The van der Waals surface area contributed by atoms with Crippen molar-refractivity contribution in [1.29, 1.82) is 0 Å². The molecule has 110 valence electrons. The summed E-state index contributed by atoms with van der Waals surface area (Å²) >= 11 is 5.83. The lowest BCUT2D eigenvalue weighted by atomic mass is 9.77. The Labute approximate surface area is 125 Å². The molecule has 0 aromatic heterocycles. The second kappa shape index (κ2) is 6.59. The molecule has 1 aliphatic rings. The minimum Gasteiger partial charge on any atom is -0.394 e. The van der Waals surface area contributed by atoms with E-state index in [1.54, 1.807) is 12.1 Å². The van der Waals surface area contributed by atoms with E-state index in [9.17, 15) is 9.90 Å². The average Bonchev–Trinajstić information content (AvgIpc) is 2.44. The predicted molar refractivity (Wildman–Crippen MR) is 80.7 cm³/mol. The lowest BCUT2D eigenvalue weighted by Crippen LogP contribution is -2.53. The zero-order chi connectivity index (χ0) is 14.6. The van der Waals surface area contributed by atoms with Gasteiger partial charge in [-0.25, -0.2) is 0 Å². The van der Waals surface area contributed by atoms with E-state index in [0.717, 1.165) is 31.2 Å². The van der Waals surface area contributed by atoms with Crippen molar-refractivity contribution in [2.45, 2.75) is 44.6 Å². The van der Waals surface area contributed by atoms with Crippen molar-refractivity contribution in [3.63, 3.8) is 0 Å². The molecule has 1 aromatic carbocycles. The first-order valence-corrected chi connectivity index (χ1v) is 7.57. The summed E-state index contributed by atoms with van der Waals surface area (Å²) in [6, 6.07) is 7.29. The molecule has 0 radical (unpaired) electrons. The molecule has 1 saturated carbocycles. The lowest BCUT2D eigenvalue weighted by Gasteiger charge is -2.38. The van der Waals surface area contributed by atoms with Gasteiger partial charge in [-0.05, 0) is 49.3 Å². The normalized spacial score (nSPS) is 26.2. The van der Waals surface area contributed by atoms with Crippen molar-refractivity contribution < 1.29 is 9.90 Å². The van der Waals surface area contributed by atoms with Crippen LogP contribution < -0.4 is 5.32 Å². The number of amides is 1. The van der Waals surface area contributed by atoms with Crippen LogP contribution in [0.25, 0.3) is 0 Å². The molecule has 20 heavy (non-hydrogen) atoms. The molecule has 1 aliphatic carbocycles. The highest BCUT2D eigenvalue weighted by molar-refractivity contribution is 6.30. The highest BCUT2D eigenvalue weighted by Gasteiger charge is 2.34. The maximum Gasteiger partial charge on any atom is 0.224 e. The number of benzene rings is 1. The number of hydrogen-bond acceptors (Lipinski definition) is 2. The maximum atomic E-state index is 12.2. The number of halogens is 1. The molecule has 4 heteroatoms. The molecular weight excluding hydrogens is 274 g/mol. The van der Waals surface area contributed by atoms with E-state index < -0.39 is 5.54 Å². The molecule has 1 aromatic rings. The summed E-state index contributed by atoms with van der Waals surface area (Å²) in [5, 5.41) is 13.4. The Morgan fingerprint density at radius 2 is 1.95 bits per heavy atom. The molecule has 0 atom stereocenters. The molecular formula is C16H22ClNO2. The van der Waals surface area contributed by atoms with E-state index >= 15 is 0 Å². The van der Waals surface area contributed by atoms with Gasteiger partial charge in [-0.2, -0.15) is 0 Å². The monoisotopic (exact) mass is 295 g/mol. The van der Waals surface area contributed by atoms with Crippen molar-refractivity contribution in [1.82, 2.24) is 5.32 Å². The van der Waals surface area contributed by atoms with Gasteiger partial charge in [0.15, 0.2) is 0 Å². The maximum absolute atomic E-state index is 12.2. The summed E-state index contributed by atoms with van der Waals surface area (Å²) in [6.45, 7) is 2.24. The van der Waals surface area contributed by atoms with Crippen molar-refractivity contribution in [3.8, 4) is 0 Å². The summed E-state index contributed by atoms with van der Waals surface area (Å²) in [6.07, 6.45) is 4.16. The molecule has 2 N–H and O–H groups in total. The van der Waals surface area contributed by atoms with E-state index in [4.69, 9.17) is 11.6 Å². The topological polar surface area (TPSA) is 49.3 Å². The van der Waals surface area contributed by atoms with Gasteiger partial charge in [-0.1, -0.05) is 30.7 Å². The minimum absolute atomic E-state index is 0.0199. The summed E-state index contributed by atoms with van der Waals surface area (Å²) < 4.78 is 0. The second-order valence-corrected chi connectivity index (χ2v) is 6.41. The Morgan fingerprint density at radius 3 is 2.50 bits per heavy atom. The largest absolute Gasteiger partial charge is 0.394 e. The third kappa shape index (κ3) is 3.97. The minimum atomic E-state index is -0.421. The number of rotatable bonds is 4. The first-order valence-electron chi connectivity index (χ1n) is 7.19. The Morgan fingerprint density at radius 1 is 1.35 bits per heavy atom. The zero-order valence-electron chi connectivity index (χ0n) is 11.9. The summed E-state index contributed by atoms with van der Waals surface area (Å²) in [4.78, 5) is 12.2. The van der Waals surface area contributed by atoms with E-state index in [-0.39, 0.29) is 12.5 Å². The number of aliphatic hydroxyl groups excluding tert-OH is 1. The van der Waals surface area contributed by atoms with Crippen LogP contribution in [0, 0.1) is 5.92 Å². The molecule has 0 bridgehead atoms. The van der Waals surface area contributed by atoms with Crippen LogP contribution in [0.1, 0.15) is 38.2 Å². The van der Waals surface area contributed by atoms with Gasteiger partial charge in [0.05, 0.1) is 18.6 Å². The zero-order valence-corrected chi connectivity index (χ0v) is 12.6. The fourth-order valence-corrected chi connectivity index (χ4v) is 2.89. The molecule has 0 saturated heterocycles. The van der Waals surface area contributed by atoms with Crippen LogP contribution in [0.15, 0.2) is 24.3 Å². The highest BCUT2D eigenvalue weighted by atomic mass is 35.5. The fourth-order valence-electron chi connectivity index (χ4n) is 2.76. The fraction of sp³-hybridized carbons (Fsp3) is 0.562. The highest BCUT2D eigenvalue weighted by Crippen LogP contribution is 2.31. The van der Waals surface area contributed by atoms with Gasteiger partial charge < -0.3 is 10.4 Å². The van der Waals surface area contributed by atoms with Gasteiger partial charge >= 0.3 is 0 Å². The first kappa shape index (κ1) is 15.3. The number of carbonyl (C=O) groups is 1. The number of hydrogen-bond donors (Lipinski definition) is 2. The van der Waals surface area contributed by atoms with Crippen molar-refractivity contribution >= 4 is 17.5 Å². The molecule has 1 fully saturated rings. The van der Waals surface area contributed by atoms with Crippen LogP contribution in [0.2, 0.25) is 5.02 Å². The Hall–Kier alpha value is -1.06. The second-order valence-electron chi connectivity index (χ2n) is 5.97. The summed E-state index contributed by atoms with van der Waals surface area (Å²) in [5.41, 5.74) is 0.514. The molecule has 2 rings (SSSR count). The van der Waals surface area contributed by atoms with Crippen LogP contribution in [-0.2, 0) is 11.2 Å². The Balaban J connectivity index is 1.94. The third-order valence-electron chi connectivity index (χ3n) is 4.22. The SMILES string of the molecule is CC1CCC(CO)(NC(=O)Cc2ccc(Cl)cc2)CC1. The van der Waals surface area contributed by atoms with Crippen molar-refractivity contribution in [2.24, 2.45) is 5.92 Å². The molecule has 0 heterocycles. The molecule has 0 unspecified atom stereocenters. The first-order chi connectivity index (χ1) is 9.53. The van der Waals surface area contributed by atoms with Crippen LogP contribution in [0.5, 0.6) is 0 Å². The van der Waals surface area contributed by atoms with Crippen molar-refractivity contribution in [2.75, 3.05) is 6.61 Å². The van der Waals surface area contributed by atoms with Crippen LogP contribution in [0.4, 0.5) is 0 Å². The predicted octanol–water partition coefficient (Wildman–Crippen LogP) is 2.94. The number of carbonyl (C=O) groups excluding carboxylic acids is 1. The number of nitrogens with one attached hydrogen (secondary N) is 1. The Kier molecular flexibility index (Phi) is 5.06. The van der Waals surface area contributed by atoms with Crippen LogP contribution in [-0.4, -0.2) is 23.2 Å². The van der Waals surface area contributed by atoms with Crippen molar-refractivity contribution in [3.05, 3.63) is 34.9 Å². The molecule has 1 amide bonds. The van der Waals surface area contributed by atoms with E-state index in [1.807, 2.05) is 12.1 Å². The van der Waals surface area contributed by atoms with Gasteiger partial charge in [-0.3, -0.25) is 4.79 Å². The summed E-state index contributed by atoms with van der Waals surface area (Å²) in [5.74, 6) is 0.652. The lowest BCUT2D eigenvalue weighted by molar-refractivity contribution is -0.123. The van der Waals surface area contributed by atoms with Gasteiger partial charge in [0.1, 0.15) is 0 Å². The Bertz CT molecular complexity index is 450. The summed E-state index contributed by atoms with van der Waals surface area (Å²) in [7, 11) is 0. The van der Waals surface area contributed by atoms with E-state index in [1.165, 1.54) is 0 Å². The van der Waals surface area contributed by atoms with Crippen LogP contribution in [0.3, 0.4) is 0 Å². The molecule has 0 aliphatic heterocycles. The van der Waals surface area contributed by atoms with E-state index in [2.05, 4.69) is 12.2 Å². The number of aliphatic hydroxyl groups is 1. The quantitative estimate of drug-likeness (QED) is 0.897. The van der Waals surface area contributed by atoms with Gasteiger partial charge in [0, 0.05) is 5.02 Å². The van der Waals surface area contributed by atoms with Gasteiger partial charge in [-0.15, -0.1) is 0 Å². The van der Waals surface area contributed by atoms with Gasteiger partial charge in [0.2, 0.25) is 5.91 Å². The molecule has 0 spiro atoms. The molecule has 3 nitrogen and oxygen atoms in total.